The molecule has 0 aromatic carbocycles. The Morgan fingerprint density at radius 3 is 2.35 bits per heavy atom. The molecule has 0 radical (unpaired) electrons. The second-order valence-electron chi connectivity index (χ2n) is 5.10. The molecule has 0 atom stereocenters. The molecule has 0 spiro atoms. The van der Waals surface area contributed by atoms with Crippen LogP contribution in [0.25, 0.3) is 0 Å². The van der Waals surface area contributed by atoms with Gasteiger partial charge < -0.3 is 14.5 Å². The van der Waals surface area contributed by atoms with E-state index in [1.54, 1.807) is 30.7 Å². The molecule has 1 saturated heterocycles. The van der Waals surface area contributed by atoms with Gasteiger partial charge in [-0.15, -0.1) is 0 Å². The fourth-order valence-electron chi connectivity index (χ4n) is 2.36. The molecule has 114 valence electrons. The van der Waals surface area contributed by atoms with Gasteiger partial charge >= 0.3 is 5.97 Å². The molecular weight excluding hydrogens is 260 g/mol. The van der Waals surface area contributed by atoms with Crippen molar-refractivity contribution in [1.29, 1.82) is 0 Å². The van der Waals surface area contributed by atoms with Gasteiger partial charge in [0.05, 0.1) is 13.0 Å². The lowest BCUT2D eigenvalue weighted by Gasteiger charge is -2.32. The molecule has 0 bridgehead atoms. The van der Waals surface area contributed by atoms with Crippen molar-refractivity contribution in [1.82, 2.24) is 9.80 Å². The topological polar surface area (TPSA) is 66.9 Å². The minimum absolute atomic E-state index is 0.0437. The molecule has 6 nitrogen and oxygen atoms in total. The van der Waals surface area contributed by atoms with Gasteiger partial charge in [-0.2, -0.15) is 0 Å². The number of hydrogen-bond donors (Lipinski definition) is 0. The Labute approximate surface area is 120 Å². The van der Waals surface area contributed by atoms with Crippen molar-refractivity contribution in [3.63, 3.8) is 0 Å². The first-order chi connectivity index (χ1) is 9.45. The van der Waals surface area contributed by atoms with E-state index in [0.717, 1.165) is 0 Å². The van der Waals surface area contributed by atoms with Gasteiger partial charge in [-0.05, 0) is 19.8 Å². The molecule has 1 heterocycles. The van der Waals surface area contributed by atoms with Gasteiger partial charge in [0.2, 0.25) is 11.8 Å². The molecule has 1 aliphatic rings. The van der Waals surface area contributed by atoms with Crippen LogP contribution in [0.1, 0.15) is 33.1 Å². The summed E-state index contributed by atoms with van der Waals surface area (Å²) in [6, 6.07) is 0. The number of piperidine rings is 1. The minimum Gasteiger partial charge on any atom is -0.466 e. The van der Waals surface area contributed by atoms with Crippen molar-refractivity contribution in [3.8, 4) is 0 Å². The lowest BCUT2D eigenvalue weighted by atomic mass is 9.95. The molecule has 0 N–H and O–H groups in total. The zero-order chi connectivity index (χ0) is 15.1. The van der Waals surface area contributed by atoms with E-state index in [1.165, 1.54) is 0 Å². The molecule has 0 saturated carbocycles. The number of carbonyl (C=O) groups excluding carboxylic acids is 3. The predicted octanol–water partition coefficient (Wildman–Crippen LogP) is 0.656. The van der Waals surface area contributed by atoms with E-state index in [9.17, 15) is 14.4 Å². The van der Waals surface area contributed by atoms with Gasteiger partial charge in [-0.3, -0.25) is 14.4 Å². The van der Waals surface area contributed by atoms with Crippen molar-refractivity contribution in [2.24, 2.45) is 5.92 Å². The Kier molecular flexibility index (Phi) is 6.48. The van der Waals surface area contributed by atoms with Gasteiger partial charge in [0.1, 0.15) is 0 Å². The Balaban J connectivity index is 2.35. The Morgan fingerprint density at radius 2 is 1.85 bits per heavy atom. The maximum absolute atomic E-state index is 12.2. The number of nitrogens with zero attached hydrogens (tertiary/aromatic N) is 2. The van der Waals surface area contributed by atoms with Gasteiger partial charge in [-0.1, -0.05) is 0 Å². The average molecular weight is 284 g/mol. The van der Waals surface area contributed by atoms with E-state index >= 15 is 0 Å². The highest BCUT2D eigenvalue weighted by atomic mass is 16.5. The SMILES string of the molecule is CCOC(=O)CCN(C)C(=O)C1CCN(C(C)=O)CC1. The normalized spacial score (nSPS) is 15.8. The molecule has 0 aromatic rings. The minimum atomic E-state index is -0.279. The molecule has 6 heteroatoms. The summed E-state index contributed by atoms with van der Waals surface area (Å²) in [5.41, 5.74) is 0. The first-order valence-electron chi connectivity index (χ1n) is 7.11. The van der Waals surface area contributed by atoms with Crippen LogP contribution in [0.15, 0.2) is 0 Å². The number of amides is 2. The summed E-state index contributed by atoms with van der Waals surface area (Å²) in [7, 11) is 1.71. The molecule has 1 aliphatic heterocycles. The molecule has 1 fully saturated rings. The number of carbonyl (C=O) groups is 3. The third-order valence-electron chi connectivity index (χ3n) is 3.62. The van der Waals surface area contributed by atoms with E-state index < -0.39 is 0 Å². The van der Waals surface area contributed by atoms with Gasteiger partial charge in [0.15, 0.2) is 0 Å². The van der Waals surface area contributed by atoms with Gasteiger partial charge in [0, 0.05) is 39.5 Å². The number of likely N-dealkylation sites (tertiary alicyclic amines) is 1. The zero-order valence-corrected chi connectivity index (χ0v) is 12.6. The summed E-state index contributed by atoms with van der Waals surface area (Å²) in [6.07, 6.45) is 1.62. The quantitative estimate of drug-likeness (QED) is 0.695. The molecule has 20 heavy (non-hydrogen) atoms. The summed E-state index contributed by atoms with van der Waals surface area (Å²) >= 11 is 0. The summed E-state index contributed by atoms with van der Waals surface area (Å²) in [5, 5.41) is 0. The van der Waals surface area contributed by atoms with Crippen LogP contribution in [-0.2, 0) is 19.1 Å². The van der Waals surface area contributed by atoms with E-state index in [-0.39, 0.29) is 30.1 Å². The second-order valence-corrected chi connectivity index (χ2v) is 5.10. The molecule has 2 amide bonds. The molecular formula is C14H24N2O4. The van der Waals surface area contributed by atoms with Crippen LogP contribution >= 0.6 is 0 Å². The van der Waals surface area contributed by atoms with Crippen LogP contribution in [-0.4, -0.2) is 60.9 Å². The van der Waals surface area contributed by atoms with Crippen LogP contribution < -0.4 is 0 Å². The van der Waals surface area contributed by atoms with Crippen LogP contribution in [0.2, 0.25) is 0 Å². The highest BCUT2D eigenvalue weighted by Crippen LogP contribution is 2.19. The van der Waals surface area contributed by atoms with Gasteiger partial charge in [-0.25, -0.2) is 0 Å². The monoisotopic (exact) mass is 284 g/mol. The standard InChI is InChI=1S/C14H24N2O4/c1-4-20-13(18)7-8-15(3)14(19)12-5-9-16(10-6-12)11(2)17/h12H,4-10H2,1-3H3. The largest absolute Gasteiger partial charge is 0.466 e. The Bertz CT molecular complexity index is 362. The predicted molar refractivity (Wildman–Crippen MR) is 73.9 cm³/mol. The van der Waals surface area contributed by atoms with Crippen molar-refractivity contribution < 1.29 is 19.1 Å². The number of esters is 1. The maximum atomic E-state index is 12.2. The van der Waals surface area contributed by atoms with Gasteiger partial charge in [0.25, 0.3) is 0 Å². The highest BCUT2D eigenvalue weighted by molar-refractivity contribution is 5.80. The number of rotatable bonds is 5. The van der Waals surface area contributed by atoms with E-state index in [1.807, 2.05) is 0 Å². The summed E-state index contributed by atoms with van der Waals surface area (Å²) in [5.74, 6) is -0.208. The number of ether oxygens (including phenoxy) is 1. The first-order valence-corrected chi connectivity index (χ1v) is 7.11. The van der Waals surface area contributed by atoms with Crippen molar-refractivity contribution in [2.75, 3.05) is 33.3 Å². The van der Waals surface area contributed by atoms with E-state index in [4.69, 9.17) is 4.74 Å². The van der Waals surface area contributed by atoms with E-state index in [0.29, 0.717) is 39.1 Å². The molecule has 1 rings (SSSR count). The highest BCUT2D eigenvalue weighted by Gasteiger charge is 2.28. The van der Waals surface area contributed by atoms with Crippen molar-refractivity contribution in [3.05, 3.63) is 0 Å². The maximum Gasteiger partial charge on any atom is 0.307 e. The molecule has 0 unspecified atom stereocenters. The van der Waals surface area contributed by atoms with Crippen LogP contribution in [0.5, 0.6) is 0 Å². The van der Waals surface area contributed by atoms with Crippen LogP contribution in [0, 0.1) is 5.92 Å². The second kappa shape index (κ2) is 7.87. The average Bonchev–Trinajstić information content (AvgIpc) is 2.44. The molecule has 0 aliphatic carbocycles. The third kappa shape index (κ3) is 4.83. The number of hydrogen-bond acceptors (Lipinski definition) is 4. The summed E-state index contributed by atoms with van der Waals surface area (Å²) < 4.78 is 4.84. The first kappa shape index (κ1) is 16.5. The van der Waals surface area contributed by atoms with Crippen LogP contribution in [0.3, 0.4) is 0 Å². The summed E-state index contributed by atoms with van der Waals surface area (Å²) in [4.78, 5) is 38.1. The summed E-state index contributed by atoms with van der Waals surface area (Å²) in [6.45, 7) is 5.32. The lowest BCUT2D eigenvalue weighted by molar-refractivity contribution is -0.145. The third-order valence-corrected chi connectivity index (χ3v) is 3.62. The zero-order valence-electron chi connectivity index (χ0n) is 12.6. The fourth-order valence-corrected chi connectivity index (χ4v) is 2.36. The van der Waals surface area contributed by atoms with E-state index in [2.05, 4.69) is 0 Å². The Hall–Kier alpha value is -1.59. The lowest BCUT2D eigenvalue weighted by Crippen LogP contribution is -2.43. The smallest absolute Gasteiger partial charge is 0.307 e. The molecule has 0 aromatic heterocycles. The van der Waals surface area contributed by atoms with Crippen LogP contribution in [0.4, 0.5) is 0 Å². The Morgan fingerprint density at radius 1 is 1.25 bits per heavy atom. The van der Waals surface area contributed by atoms with Crippen molar-refractivity contribution in [2.45, 2.75) is 33.1 Å². The van der Waals surface area contributed by atoms with Crippen molar-refractivity contribution >= 4 is 17.8 Å². The fraction of sp³-hybridized carbons (Fsp3) is 0.786.